The largest absolute Gasteiger partial charge is 0.355 e. The van der Waals surface area contributed by atoms with Gasteiger partial charge in [-0.2, -0.15) is 0 Å². The third kappa shape index (κ3) is 2.58. The summed E-state index contributed by atoms with van der Waals surface area (Å²) in [5.41, 5.74) is 1.93. The van der Waals surface area contributed by atoms with E-state index in [-0.39, 0.29) is 11.5 Å². The first kappa shape index (κ1) is 14.6. The molecule has 7 heteroatoms. The molecule has 0 spiro atoms. The minimum atomic E-state index is -0.459. The average Bonchev–Trinajstić information content (AvgIpc) is 3.03. The maximum Gasteiger partial charge on any atom is 0.325 e. The van der Waals surface area contributed by atoms with Gasteiger partial charge in [0.15, 0.2) is 0 Å². The molecule has 24 heavy (non-hydrogen) atoms. The van der Waals surface area contributed by atoms with Crippen molar-refractivity contribution in [2.45, 2.75) is 19.3 Å². The van der Waals surface area contributed by atoms with Crippen LogP contribution in [-0.4, -0.2) is 33.0 Å². The molecule has 3 heterocycles. The van der Waals surface area contributed by atoms with E-state index in [9.17, 15) is 9.59 Å². The molecular weight excluding hydrogens is 306 g/mol. The van der Waals surface area contributed by atoms with Crippen LogP contribution in [0, 0.1) is 6.92 Å². The maximum absolute atomic E-state index is 11.5. The smallest absolute Gasteiger partial charge is 0.325 e. The lowest BCUT2D eigenvalue weighted by Gasteiger charge is -2.19. The zero-order chi connectivity index (χ0) is 16.7. The lowest BCUT2D eigenvalue weighted by Crippen LogP contribution is -2.26. The zero-order valence-corrected chi connectivity index (χ0v) is 13.2. The summed E-state index contributed by atoms with van der Waals surface area (Å²) >= 11 is 0. The topological polar surface area (TPSA) is 94.7 Å². The van der Waals surface area contributed by atoms with Crippen LogP contribution in [0.4, 0.5) is 5.82 Å². The van der Waals surface area contributed by atoms with Crippen LogP contribution >= 0.6 is 0 Å². The highest BCUT2D eigenvalue weighted by Crippen LogP contribution is 2.31. The Kier molecular flexibility index (Phi) is 3.41. The predicted molar refractivity (Wildman–Crippen MR) is 91.5 cm³/mol. The van der Waals surface area contributed by atoms with E-state index in [1.807, 2.05) is 19.1 Å². The first-order valence-corrected chi connectivity index (χ1v) is 7.90. The summed E-state index contributed by atoms with van der Waals surface area (Å²) in [7, 11) is 0. The molecule has 1 aromatic carbocycles. The van der Waals surface area contributed by atoms with Gasteiger partial charge in [-0.1, -0.05) is 11.6 Å². The van der Waals surface area contributed by atoms with Gasteiger partial charge in [0.25, 0.3) is 5.56 Å². The number of rotatable bonds is 2. The molecule has 1 aliphatic heterocycles. The summed E-state index contributed by atoms with van der Waals surface area (Å²) in [6.07, 6.45) is 2.44. The number of nitrogens with one attached hydrogen (secondary N) is 2. The van der Waals surface area contributed by atoms with Crippen LogP contribution < -0.4 is 16.1 Å². The fourth-order valence-electron chi connectivity index (χ4n) is 3.32. The second-order valence-electron chi connectivity index (χ2n) is 6.19. The Morgan fingerprint density at radius 3 is 2.88 bits per heavy atom. The third-order valence-electron chi connectivity index (χ3n) is 4.48. The monoisotopic (exact) mass is 323 g/mol. The molecule has 1 aliphatic rings. The summed E-state index contributed by atoms with van der Waals surface area (Å²) < 4.78 is 0. The zero-order valence-electron chi connectivity index (χ0n) is 13.2. The second-order valence-corrected chi connectivity index (χ2v) is 6.19. The van der Waals surface area contributed by atoms with Crippen molar-refractivity contribution in [1.29, 1.82) is 0 Å². The summed E-state index contributed by atoms with van der Waals surface area (Å²) in [6.45, 7) is 3.57. The highest BCUT2D eigenvalue weighted by molar-refractivity contribution is 5.89. The standard InChI is InChI=1S/C17H17N5O2/c1-10-2-3-13-12(6-10)16(19-9-18-13)22-5-4-11(8-22)14-7-15(23)21-17(24)20-14/h2-3,6-7,9,11H,4-5,8H2,1H3,(H2,20,21,23,24). The van der Waals surface area contributed by atoms with Crippen molar-refractivity contribution < 1.29 is 0 Å². The van der Waals surface area contributed by atoms with Crippen LogP contribution in [0.2, 0.25) is 0 Å². The second kappa shape index (κ2) is 5.59. The number of nitrogens with zero attached hydrogens (tertiary/aromatic N) is 3. The van der Waals surface area contributed by atoms with E-state index in [2.05, 4.69) is 30.9 Å². The van der Waals surface area contributed by atoms with Crippen molar-refractivity contribution in [2.75, 3.05) is 18.0 Å². The van der Waals surface area contributed by atoms with Crippen molar-refractivity contribution in [3.63, 3.8) is 0 Å². The van der Waals surface area contributed by atoms with Gasteiger partial charge in [-0.15, -0.1) is 0 Å². The Balaban J connectivity index is 1.69. The fraction of sp³-hybridized carbons (Fsp3) is 0.294. The van der Waals surface area contributed by atoms with Gasteiger partial charge in [-0.3, -0.25) is 9.78 Å². The molecule has 0 saturated carbocycles. The van der Waals surface area contributed by atoms with Crippen molar-refractivity contribution in [3.05, 3.63) is 62.7 Å². The van der Waals surface area contributed by atoms with Gasteiger partial charge in [-0.25, -0.2) is 14.8 Å². The Morgan fingerprint density at radius 1 is 1.17 bits per heavy atom. The summed E-state index contributed by atoms with van der Waals surface area (Å²) in [4.78, 5) is 38.9. The molecule has 2 aromatic heterocycles. The minimum absolute atomic E-state index is 0.106. The summed E-state index contributed by atoms with van der Waals surface area (Å²) in [5, 5.41) is 1.03. The van der Waals surface area contributed by atoms with E-state index in [1.54, 1.807) is 6.33 Å². The molecule has 2 N–H and O–H groups in total. The van der Waals surface area contributed by atoms with Crippen molar-refractivity contribution in [3.8, 4) is 0 Å². The molecule has 7 nitrogen and oxygen atoms in total. The molecule has 1 unspecified atom stereocenters. The number of aromatic amines is 2. The Morgan fingerprint density at radius 2 is 2.04 bits per heavy atom. The summed E-state index contributed by atoms with van der Waals surface area (Å²) in [6, 6.07) is 7.59. The van der Waals surface area contributed by atoms with E-state index in [0.29, 0.717) is 12.2 Å². The van der Waals surface area contributed by atoms with Crippen LogP contribution in [0.15, 0.2) is 40.2 Å². The third-order valence-corrected chi connectivity index (χ3v) is 4.48. The molecule has 0 amide bonds. The van der Waals surface area contributed by atoms with Crippen molar-refractivity contribution in [1.82, 2.24) is 19.9 Å². The molecular formula is C17H17N5O2. The lowest BCUT2D eigenvalue weighted by molar-refractivity contribution is 0.728. The predicted octanol–water partition coefficient (Wildman–Crippen LogP) is 1.31. The maximum atomic E-state index is 11.5. The number of anilines is 1. The van der Waals surface area contributed by atoms with Crippen molar-refractivity contribution in [2.24, 2.45) is 0 Å². The highest BCUT2D eigenvalue weighted by Gasteiger charge is 2.27. The Hall–Kier alpha value is -2.96. The normalized spacial score (nSPS) is 17.5. The molecule has 4 rings (SSSR count). The van der Waals surface area contributed by atoms with Gasteiger partial charge in [0.1, 0.15) is 12.1 Å². The quantitative estimate of drug-likeness (QED) is 0.741. The average molecular weight is 323 g/mol. The fourth-order valence-corrected chi connectivity index (χ4v) is 3.32. The molecule has 0 radical (unpaired) electrons. The van der Waals surface area contributed by atoms with Crippen LogP contribution in [-0.2, 0) is 0 Å². The SMILES string of the molecule is Cc1ccc2ncnc(N3CCC(c4cc(=O)[nH]c(=O)[nH]4)C3)c2c1. The Labute approximate surface area is 137 Å². The number of aromatic nitrogens is 4. The van der Waals surface area contributed by atoms with Crippen LogP contribution in [0.5, 0.6) is 0 Å². The molecule has 122 valence electrons. The Bertz CT molecular complexity index is 995. The van der Waals surface area contributed by atoms with Crippen LogP contribution in [0.3, 0.4) is 0 Å². The van der Waals surface area contributed by atoms with Gasteiger partial charge in [-0.05, 0) is 25.5 Å². The number of aryl methyl sites for hydroxylation is 1. The van der Waals surface area contributed by atoms with Crippen LogP contribution in [0.1, 0.15) is 23.6 Å². The van der Waals surface area contributed by atoms with Gasteiger partial charge in [0, 0.05) is 36.2 Å². The van der Waals surface area contributed by atoms with Crippen LogP contribution in [0.25, 0.3) is 10.9 Å². The van der Waals surface area contributed by atoms with E-state index in [1.165, 1.54) is 6.07 Å². The van der Waals surface area contributed by atoms with Gasteiger partial charge in [0.2, 0.25) is 0 Å². The van der Waals surface area contributed by atoms with E-state index >= 15 is 0 Å². The number of fused-ring (bicyclic) bond motifs is 1. The number of benzene rings is 1. The number of hydrogen-bond acceptors (Lipinski definition) is 5. The number of H-pyrrole nitrogens is 2. The molecule has 1 fully saturated rings. The van der Waals surface area contributed by atoms with E-state index in [4.69, 9.17) is 0 Å². The summed E-state index contributed by atoms with van der Waals surface area (Å²) in [5.74, 6) is 1.01. The molecule has 1 saturated heterocycles. The molecule has 0 bridgehead atoms. The van der Waals surface area contributed by atoms with E-state index in [0.717, 1.165) is 35.2 Å². The van der Waals surface area contributed by atoms with Gasteiger partial charge in [0.05, 0.1) is 5.52 Å². The molecule has 3 aromatic rings. The molecule has 0 aliphatic carbocycles. The molecule has 1 atom stereocenters. The van der Waals surface area contributed by atoms with E-state index < -0.39 is 5.69 Å². The van der Waals surface area contributed by atoms with Gasteiger partial charge >= 0.3 is 5.69 Å². The lowest BCUT2D eigenvalue weighted by atomic mass is 10.1. The minimum Gasteiger partial charge on any atom is -0.355 e. The first-order valence-electron chi connectivity index (χ1n) is 7.90. The highest BCUT2D eigenvalue weighted by atomic mass is 16.2. The van der Waals surface area contributed by atoms with Crippen molar-refractivity contribution >= 4 is 16.7 Å². The number of hydrogen-bond donors (Lipinski definition) is 2. The van der Waals surface area contributed by atoms with Gasteiger partial charge < -0.3 is 9.88 Å². The first-order chi connectivity index (χ1) is 11.6.